The lowest BCUT2D eigenvalue weighted by Gasteiger charge is -2.45. The molecule has 1 N–H and O–H groups in total. The third-order valence-electron chi connectivity index (χ3n) is 4.04. The maximum Gasteiger partial charge on any atom is 0.0703 e. The van der Waals surface area contributed by atoms with Crippen LogP contribution in [0.2, 0.25) is 0 Å². The van der Waals surface area contributed by atoms with Crippen LogP contribution in [0.15, 0.2) is 0 Å². The summed E-state index contributed by atoms with van der Waals surface area (Å²) in [4.78, 5) is 2.62. The molecule has 0 radical (unpaired) electrons. The topological polar surface area (TPSA) is 24.5 Å². The Hall–Kier alpha value is -0.120. The van der Waals surface area contributed by atoms with Crippen LogP contribution in [-0.4, -0.2) is 49.3 Å². The Kier molecular flexibility index (Phi) is 3.65. The van der Waals surface area contributed by atoms with Crippen LogP contribution in [0.25, 0.3) is 0 Å². The molecule has 0 aromatic rings. The van der Waals surface area contributed by atoms with Crippen LogP contribution in [0.5, 0.6) is 0 Å². The van der Waals surface area contributed by atoms with Crippen molar-refractivity contribution in [1.82, 2.24) is 10.2 Å². The SMILES string of the molecule is CCC1(C)CNCCN1CC1CCCO1. The van der Waals surface area contributed by atoms with Gasteiger partial charge in [0.05, 0.1) is 6.10 Å². The lowest BCUT2D eigenvalue weighted by atomic mass is 9.93. The standard InChI is InChI=1S/C12H24N2O/c1-3-12(2)10-13-6-7-14(12)9-11-5-4-8-15-11/h11,13H,3-10H2,1-2H3. The molecule has 3 nitrogen and oxygen atoms in total. The molecule has 0 aromatic heterocycles. The normalized spacial score (nSPS) is 38.4. The number of nitrogens with one attached hydrogen (secondary N) is 1. The first-order valence-corrected chi connectivity index (χ1v) is 6.32. The molecule has 2 aliphatic heterocycles. The molecule has 15 heavy (non-hydrogen) atoms. The predicted molar refractivity (Wildman–Crippen MR) is 62.1 cm³/mol. The molecule has 2 atom stereocenters. The summed E-state index contributed by atoms with van der Waals surface area (Å²) >= 11 is 0. The van der Waals surface area contributed by atoms with Crippen molar-refractivity contribution >= 4 is 0 Å². The Labute approximate surface area is 93.2 Å². The summed E-state index contributed by atoms with van der Waals surface area (Å²) in [5.74, 6) is 0. The molecule has 0 aliphatic carbocycles. The molecular formula is C12H24N2O. The molecule has 0 amide bonds. The first-order chi connectivity index (χ1) is 7.24. The van der Waals surface area contributed by atoms with Crippen molar-refractivity contribution in [3.8, 4) is 0 Å². The predicted octanol–water partition coefficient (Wildman–Crippen LogP) is 1.24. The molecule has 2 saturated heterocycles. The zero-order valence-electron chi connectivity index (χ0n) is 10.1. The van der Waals surface area contributed by atoms with E-state index in [0.29, 0.717) is 11.6 Å². The monoisotopic (exact) mass is 212 g/mol. The third kappa shape index (κ3) is 2.52. The van der Waals surface area contributed by atoms with Gasteiger partial charge in [-0.05, 0) is 26.2 Å². The van der Waals surface area contributed by atoms with Crippen LogP contribution < -0.4 is 5.32 Å². The van der Waals surface area contributed by atoms with Crippen molar-refractivity contribution in [1.29, 1.82) is 0 Å². The Morgan fingerprint density at radius 1 is 1.53 bits per heavy atom. The first kappa shape index (κ1) is 11.4. The van der Waals surface area contributed by atoms with Gasteiger partial charge in [0.15, 0.2) is 0 Å². The first-order valence-electron chi connectivity index (χ1n) is 6.32. The second-order valence-electron chi connectivity index (χ2n) is 5.11. The minimum Gasteiger partial charge on any atom is -0.377 e. The fourth-order valence-electron chi connectivity index (χ4n) is 2.65. The number of ether oxygens (including phenoxy) is 1. The van der Waals surface area contributed by atoms with Gasteiger partial charge in [-0.15, -0.1) is 0 Å². The number of piperazine rings is 1. The maximum atomic E-state index is 5.73. The molecule has 2 rings (SSSR count). The maximum absolute atomic E-state index is 5.73. The third-order valence-corrected chi connectivity index (χ3v) is 4.04. The fourth-order valence-corrected chi connectivity index (χ4v) is 2.65. The van der Waals surface area contributed by atoms with Gasteiger partial charge in [0.25, 0.3) is 0 Å². The molecule has 3 heteroatoms. The van der Waals surface area contributed by atoms with E-state index in [4.69, 9.17) is 4.74 Å². The summed E-state index contributed by atoms with van der Waals surface area (Å²) in [6.07, 6.45) is 4.21. The van der Waals surface area contributed by atoms with Crippen LogP contribution in [0, 0.1) is 0 Å². The van der Waals surface area contributed by atoms with Gasteiger partial charge in [0.1, 0.15) is 0 Å². The molecular weight excluding hydrogens is 188 g/mol. The number of rotatable bonds is 3. The van der Waals surface area contributed by atoms with E-state index in [1.165, 1.54) is 25.8 Å². The van der Waals surface area contributed by atoms with Gasteiger partial charge < -0.3 is 10.1 Å². The molecule has 88 valence electrons. The Morgan fingerprint density at radius 2 is 2.40 bits per heavy atom. The number of hydrogen-bond donors (Lipinski definition) is 1. The Balaban J connectivity index is 1.92. The van der Waals surface area contributed by atoms with E-state index < -0.39 is 0 Å². The van der Waals surface area contributed by atoms with Crippen LogP contribution in [0.4, 0.5) is 0 Å². The van der Waals surface area contributed by atoms with E-state index in [2.05, 4.69) is 24.1 Å². The largest absolute Gasteiger partial charge is 0.377 e. The smallest absolute Gasteiger partial charge is 0.0703 e. The van der Waals surface area contributed by atoms with E-state index in [-0.39, 0.29) is 0 Å². The second-order valence-corrected chi connectivity index (χ2v) is 5.11. The van der Waals surface area contributed by atoms with E-state index in [1.807, 2.05) is 0 Å². The van der Waals surface area contributed by atoms with E-state index >= 15 is 0 Å². The quantitative estimate of drug-likeness (QED) is 0.762. The van der Waals surface area contributed by atoms with Crippen molar-refractivity contribution in [3.05, 3.63) is 0 Å². The van der Waals surface area contributed by atoms with Crippen LogP contribution >= 0.6 is 0 Å². The number of nitrogens with zero attached hydrogens (tertiary/aromatic N) is 1. The molecule has 0 aromatic carbocycles. The molecule has 0 bridgehead atoms. The number of hydrogen-bond acceptors (Lipinski definition) is 3. The molecule has 0 spiro atoms. The zero-order chi connectivity index (χ0) is 10.7. The van der Waals surface area contributed by atoms with E-state index in [9.17, 15) is 0 Å². The average molecular weight is 212 g/mol. The molecule has 0 saturated carbocycles. The minimum absolute atomic E-state index is 0.338. The Bertz CT molecular complexity index is 204. The second kappa shape index (κ2) is 4.81. The minimum atomic E-state index is 0.338. The van der Waals surface area contributed by atoms with Gasteiger partial charge in [-0.2, -0.15) is 0 Å². The van der Waals surface area contributed by atoms with Crippen LogP contribution in [0.1, 0.15) is 33.1 Å². The van der Waals surface area contributed by atoms with Gasteiger partial charge in [-0.25, -0.2) is 0 Å². The van der Waals surface area contributed by atoms with Gasteiger partial charge >= 0.3 is 0 Å². The highest BCUT2D eigenvalue weighted by Crippen LogP contribution is 2.23. The lowest BCUT2D eigenvalue weighted by molar-refractivity contribution is 0.0103. The summed E-state index contributed by atoms with van der Waals surface area (Å²) in [5, 5.41) is 3.50. The van der Waals surface area contributed by atoms with Crippen molar-refractivity contribution < 1.29 is 4.74 Å². The van der Waals surface area contributed by atoms with Crippen LogP contribution in [-0.2, 0) is 4.74 Å². The summed E-state index contributed by atoms with van der Waals surface area (Å²) in [7, 11) is 0. The summed E-state index contributed by atoms with van der Waals surface area (Å²) in [5.41, 5.74) is 0.338. The summed E-state index contributed by atoms with van der Waals surface area (Å²) < 4.78 is 5.73. The van der Waals surface area contributed by atoms with Crippen molar-refractivity contribution in [3.63, 3.8) is 0 Å². The summed E-state index contributed by atoms with van der Waals surface area (Å²) in [6, 6.07) is 0. The molecule has 2 unspecified atom stereocenters. The van der Waals surface area contributed by atoms with E-state index in [0.717, 1.165) is 26.2 Å². The van der Waals surface area contributed by atoms with Crippen LogP contribution in [0.3, 0.4) is 0 Å². The highest BCUT2D eigenvalue weighted by Gasteiger charge is 2.34. The highest BCUT2D eigenvalue weighted by atomic mass is 16.5. The molecule has 2 aliphatic rings. The van der Waals surface area contributed by atoms with Gasteiger partial charge in [0.2, 0.25) is 0 Å². The lowest BCUT2D eigenvalue weighted by Crippen LogP contribution is -2.60. The van der Waals surface area contributed by atoms with Crippen molar-refractivity contribution in [2.75, 3.05) is 32.8 Å². The van der Waals surface area contributed by atoms with Crippen molar-refractivity contribution in [2.24, 2.45) is 0 Å². The van der Waals surface area contributed by atoms with Gasteiger partial charge in [-0.1, -0.05) is 6.92 Å². The van der Waals surface area contributed by atoms with Crippen molar-refractivity contribution in [2.45, 2.75) is 44.8 Å². The molecule has 2 heterocycles. The highest BCUT2D eigenvalue weighted by molar-refractivity contribution is 4.92. The average Bonchev–Trinajstić information content (AvgIpc) is 2.74. The molecule has 2 fully saturated rings. The zero-order valence-corrected chi connectivity index (χ0v) is 10.1. The van der Waals surface area contributed by atoms with Gasteiger partial charge in [-0.3, -0.25) is 4.90 Å². The van der Waals surface area contributed by atoms with Gasteiger partial charge in [0, 0.05) is 38.3 Å². The van der Waals surface area contributed by atoms with E-state index in [1.54, 1.807) is 0 Å². The Morgan fingerprint density at radius 3 is 3.07 bits per heavy atom. The fraction of sp³-hybridized carbons (Fsp3) is 1.00. The summed E-state index contributed by atoms with van der Waals surface area (Å²) in [6.45, 7) is 10.2.